The molecule has 1 N–H and O–H groups in total. The van der Waals surface area contributed by atoms with Gasteiger partial charge in [-0.25, -0.2) is 4.79 Å². The number of fused-ring (bicyclic) bond motifs is 1. The molecule has 0 amide bonds. The highest BCUT2D eigenvalue weighted by molar-refractivity contribution is 7.68. The van der Waals surface area contributed by atoms with Crippen LogP contribution in [0.1, 0.15) is 27.7 Å². The summed E-state index contributed by atoms with van der Waals surface area (Å²) in [5.74, 6) is -0.382. The first-order valence-corrected chi connectivity index (χ1v) is 14.5. The summed E-state index contributed by atoms with van der Waals surface area (Å²) in [5, 5.41) is 10.6. The van der Waals surface area contributed by atoms with E-state index in [1.807, 2.05) is 68.4 Å². The molecule has 0 radical (unpaired) electrons. The number of aromatic carboxylic acids is 1. The average Bonchev–Trinajstić information content (AvgIpc) is 3.53. The standard InChI is InChI=1S/C29H27N2O5PS/c1-5-35-37(34,26-13-8-18(2)15-19(26)3)31(4)23-17-27(38-28(23)29(32)33)21-11-9-20(10-12-21)25-16-22-24(36-25)7-6-14-30-22/h6-17H,5H2,1-4H3,(H,32,33). The first-order chi connectivity index (χ1) is 18.2. The Morgan fingerprint density at radius 2 is 1.82 bits per heavy atom. The minimum atomic E-state index is -3.59. The number of anilines is 1. The van der Waals surface area contributed by atoms with E-state index in [0.29, 0.717) is 22.3 Å². The Kier molecular flexibility index (Phi) is 6.97. The van der Waals surface area contributed by atoms with Crippen LogP contribution in [0.15, 0.2) is 77.3 Å². The van der Waals surface area contributed by atoms with Crippen LogP contribution in [-0.4, -0.2) is 29.7 Å². The van der Waals surface area contributed by atoms with Crippen LogP contribution in [0.5, 0.6) is 0 Å². The third-order valence-corrected chi connectivity index (χ3v) is 10.2. The largest absolute Gasteiger partial charge is 0.477 e. The van der Waals surface area contributed by atoms with Crippen LogP contribution in [0.4, 0.5) is 5.69 Å². The van der Waals surface area contributed by atoms with Crippen LogP contribution in [0.25, 0.3) is 32.9 Å². The Hall–Kier alpha value is -3.71. The highest BCUT2D eigenvalue weighted by atomic mass is 32.1. The zero-order valence-corrected chi connectivity index (χ0v) is 23.2. The van der Waals surface area contributed by atoms with Gasteiger partial charge in [0.2, 0.25) is 0 Å². The Morgan fingerprint density at radius 1 is 1.08 bits per heavy atom. The monoisotopic (exact) mass is 546 g/mol. The van der Waals surface area contributed by atoms with Crippen LogP contribution in [0.3, 0.4) is 0 Å². The molecule has 2 aromatic carbocycles. The lowest BCUT2D eigenvalue weighted by atomic mass is 10.1. The zero-order valence-electron chi connectivity index (χ0n) is 21.5. The number of aromatic nitrogens is 1. The van der Waals surface area contributed by atoms with E-state index in [0.717, 1.165) is 44.0 Å². The number of benzene rings is 2. The van der Waals surface area contributed by atoms with Gasteiger partial charge in [0.1, 0.15) is 16.2 Å². The Labute approximate surface area is 224 Å². The molecular weight excluding hydrogens is 519 g/mol. The molecule has 0 spiro atoms. The van der Waals surface area contributed by atoms with Crippen LogP contribution < -0.4 is 9.97 Å². The predicted octanol–water partition coefficient (Wildman–Crippen LogP) is 7.53. The van der Waals surface area contributed by atoms with Gasteiger partial charge < -0.3 is 14.0 Å². The third kappa shape index (κ3) is 4.67. The van der Waals surface area contributed by atoms with Crippen molar-refractivity contribution < 1.29 is 23.4 Å². The molecule has 0 aliphatic rings. The van der Waals surface area contributed by atoms with Gasteiger partial charge in [-0.2, -0.15) is 0 Å². The Morgan fingerprint density at radius 3 is 2.47 bits per heavy atom. The van der Waals surface area contributed by atoms with Gasteiger partial charge in [-0.05, 0) is 56.2 Å². The average molecular weight is 547 g/mol. The van der Waals surface area contributed by atoms with Crippen molar-refractivity contribution in [1.82, 2.24) is 4.98 Å². The number of carboxylic acid groups (broad SMARTS) is 1. The predicted molar refractivity (Wildman–Crippen MR) is 153 cm³/mol. The van der Waals surface area contributed by atoms with E-state index in [2.05, 4.69) is 4.98 Å². The minimum Gasteiger partial charge on any atom is -0.477 e. The molecule has 0 bridgehead atoms. The van der Waals surface area contributed by atoms with E-state index in [-0.39, 0.29) is 11.5 Å². The number of aryl methyl sites for hydroxylation is 2. The summed E-state index contributed by atoms with van der Waals surface area (Å²) in [5.41, 5.74) is 5.45. The molecule has 9 heteroatoms. The first-order valence-electron chi connectivity index (χ1n) is 12.1. The van der Waals surface area contributed by atoms with E-state index in [4.69, 9.17) is 8.94 Å². The van der Waals surface area contributed by atoms with Crippen LogP contribution in [-0.2, 0) is 9.09 Å². The van der Waals surface area contributed by atoms with Gasteiger partial charge in [0.25, 0.3) is 0 Å². The van der Waals surface area contributed by atoms with E-state index < -0.39 is 13.5 Å². The molecule has 1 unspecified atom stereocenters. The molecule has 0 fully saturated rings. The lowest BCUT2D eigenvalue weighted by Crippen LogP contribution is -2.26. The quantitative estimate of drug-likeness (QED) is 0.201. The number of carbonyl (C=O) groups is 1. The molecule has 1 atom stereocenters. The fraction of sp³-hybridized carbons (Fsp3) is 0.172. The normalized spacial score (nSPS) is 12.9. The molecule has 38 heavy (non-hydrogen) atoms. The van der Waals surface area contributed by atoms with Gasteiger partial charge >= 0.3 is 13.5 Å². The van der Waals surface area contributed by atoms with Gasteiger partial charge in [0, 0.05) is 29.8 Å². The minimum absolute atomic E-state index is 0.0969. The smallest absolute Gasteiger partial charge is 0.348 e. The van der Waals surface area contributed by atoms with Gasteiger partial charge in [-0.1, -0.05) is 42.0 Å². The lowest BCUT2D eigenvalue weighted by Gasteiger charge is -2.30. The van der Waals surface area contributed by atoms with Crippen molar-refractivity contribution in [2.45, 2.75) is 20.8 Å². The van der Waals surface area contributed by atoms with Crippen LogP contribution in [0.2, 0.25) is 0 Å². The van der Waals surface area contributed by atoms with Crippen molar-refractivity contribution in [2.24, 2.45) is 0 Å². The second kappa shape index (κ2) is 10.2. The fourth-order valence-corrected chi connectivity index (χ4v) is 7.78. The van der Waals surface area contributed by atoms with E-state index in [1.54, 1.807) is 32.3 Å². The van der Waals surface area contributed by atoms with Crippen LogP contribution >= 0.6 is 18.9 Å². The fourth-order valence-electron chi connectivity index (χ4n) is 4.48. The summed E-state index contributed by atoms with van der Waals surface area (Å²) in [4.78, 5) is 17.4. The summed E-state index contributed by atoms with van der Waals surface area (Å²) in [7, 11) is -1.96. The number of thiophene rings is 1. The van der Waals surface area contributed by atoms with Crippen molar-refractivity contribution in [2.75, 3.05) is 18.3 Å². The highest BCUT2D eigenvalue weighted by Gasteiger charge is 2.36. The Balaban J connectivity index is 1.53. The lowest BCUT2D eigenvalue weighted by molar-refractivity contribution is 0.0703. The van der Waals surface area contributed by atoms with E-state index >= 15 is 0 Å². The molecule has 0 saturated carbocycles. The molecular formula is C29H27N2O5PS. The van der Waals surface area contributed by atoms with Crippen molar-refractivity contribution in [3.63, 3.8) is 0 Å². The van der Waals surface area contributed by atoms with Crippen molar-refractivity contribution in [1.29, 1.82) is 0 Å². The molecule has 5 rings (SSSR count). The number of hydrogen-bond acceptors (Lipinski definition) is 6. The van der Waals surface area contributed by atoms with Crippen LogP contribution in [0, 0.1) is 13.8 Å². The maximum absolute atomic E-state index is 14.3. The first kappa shape index (κ1) is 25.9. The third-order valence-electron chi connectivity index (χ3n) is 6.35. The maximum atomic E-state index is 14.3. The molecule has 0 aliphatic carbocycles. The number of carboxylic acids is 1. The number of hydrogen-bond donors (Lipinski definition) is 1. The van der Waals surface area contributed by atoms with Crippen molar-refractivity contribution in [3.8, 4) is 21.8 Å². The molecule has 7 nitrogen and oxygen atoms in total. The van der Waals surface area contributed by atoms with Gasteiger partial charge in [0.15, 0.2) is 5.58 Å². The molecule has 5 aromatic rings. The number of pyridine rings is 1. The van der Waals surface area contributed by atoms with Gasteiger partial charge in [0.05, 0.1) is 17.6 Å². The highest BCUT2D eigenvalue weighted by Crippen LogP contribution is 2.54. The summed E-state index contributed by atoms with van der Waals surface area (Å²) in [6, 6.07) is 20.7. The molecule has 0 aliphatic heterocycles. The zero-order chi connectivity index (χ0) is 27.0. The SMILES string of the molecule is CCOP(=O)(c1ccc(C)cc1C)N(C)c1cc(-c2ccc(-c3cc4ncccc4o3)cc2)sc1C(=O)O. The van der Waals surface area contributed by atoms with Crippen molar-refractivity contribution >= 4 is 46.9 Å². The van der Waals surface area contributed by atoms with Gasteiger partial charge in [-0.3, -0.25) is 14.2 Å². The second-order valence-corrected chi connectivity index (χ2v) is 12.4. The van der Waals surface area contributed by atoms with Crippen molar-refractivity contribution in [3.05, 3.63) is 88.9 Å². The number of furan rings is 1. The van der Waals surface area contributed by atoms with E-state index in [1.165, 1.54) is 4.67 Å². The molecule has 0 saturated heterocycles. The summed E-state index contributed by atoms with van der Waals surface area (Å²) in [6.07, 6.45) is 1.72. The second-order valence-electron chi connectivity index (χ2n) is 8.96. The van der Waals surface area contributed by atoms with Gasteiger partial charge in [-0.15, -0.1) is 11.3 Å². The Bertz CT molecular complexity index is 1660. The number of rotatable bonds is 8. The summed E-state index contributed by atoms with van der Waals surface area (Å²) >= 11 is 1.14. The molecule has 194 valence electrons. The molecule has 3 aromatic heterocycles. The summed E-state index contributed by atoms with van der Waals surface area (Å²) < 4.78 is 27.6. The topological polar surface area (TPSA) is 92.9 Å². The summed E-state index contributed by atoms with van der Waals surface area (Å²) in [6.45, 7) is 5.85. The maximum Gasteiger partial charge on any atom is 0.348 e. The van der Waals surface area contributed by atoms with E-state index in [9.17, 15) is 14.5 Å². The molecule has 3 heterocycles. The number of nitrogens with zero attached hydrogens (tertiary/aromatic N) is 2.